The normalized spacial score (nSPS) is 11.3. The SMILES string of the molecule is CCCCCCCCCCCCOc1ccc(/C=C/C(=O)Oc2ccc(C(=O)/C=C/c3ccc(OCCCCCCC)cc3)cc2)cc1. The van der Waals surface area contributed by atoms with Gasteiger partial charge in [0.05, 0.1) is 13.2 Å². The molecule has 3 aromatic carbocycles. The van der Waals surface area contributed by atoms with Gasteiger partial charge in [-0.3, -0.25) is 4.79 Å². The summed E-state index contributed by atoms with van der Waals surface area (Å²) in [6.45, 7) is 5.92. The molecule has 0 heterocycles. The van der Waals surface area contributed by atoms with Gasteiger partial charge in [0.15, 0.2) is 5.78 Å². The molecule has 0 fully saturated rings. The fourth-order valence-corrected chi connectivity index (χ4v) is 5.30. The first-order chi connectivity index (χ1) is 23.6. The van der Waals surface area contributed by atoms with Gasteiger partial charge in [0.25, 0.3) is 0 Å². The lowest BCUT2D eigenvalue weighted by Crippen LogP contribution is -2.04. The smallest absolute Gasteiger partial charge is 0.336 e. The fourth-order valence-electron chi connectivity index (χ4n) is 5.30. The first-order valence-electron chi connectivity index (χ1n) is 18.3. The van der Waals surface area contributed by atoms with E-state index in [1.54, 1.807) is 42.5 Å². The standard InChI is InChI=1S/C43H56O5/c1-3-5-7-9-10-11-12-13-15-17-35-47-40-28-20-37(21-29-40)23-33-43(45)48-41-30-24-38(25-31-41)42(44)32-22-36-18-26-39(27-19-36)46-34-16-14-8-6-4-2/h18-33H,3-17,34-35H2,1-2H3/b32-22+,33-23+. The number of benzene rings is 3. The molecule has 5 nitrogen and oxygen atoms in total. The molecule has 0 N–H and O–H groups in total. The van der Waals surface area contributed by atoms with E-state index in [1.807, 2.05) is 48.5 Å². The Morgan fingerprint density at radius 3 is 1.33 bits per heavy atom. The van der Waals surface area contributed by atoms with Crippen molar-refractivity contribution in [1.82, 2.24) is 0 Å². The van der Waals surface area contributed by atoms with Crippen LogP contribution in [-0.4, -0.2) is 25.0 Å². The Bertz CT molecular complexity index is 1350. The van der Waals surface area contributed by atoms with Crippen molar-refractivity contribution in [2.45, 2.75) is 110 Å². The number of hydrogen-bond acceptors (Lipinski definition) is 5. The average Bonchev–Trinajstić information content (AvgIpc) is 3.11. The first kappa shape index (κ1) is 38.3. The molecule has 258 valence electrons. The van der Waals surface area contributed by atoms with Crippen LogP contribution in [0, 0.1) is 0 Å². The summed E-state index contributed by atoms with van der Waals surface area (Å²) < 4.78 is 17.1. The lowest BCUT2D eigenvalue weighted by molar-refractivity contribution is -0.128. The van der Waals surface area contributed by atoms with Gasteiger partial charge in [-0.05, 0) is 84.7 Å². The number of ether oxygens (including phenoxy) is 3. The van der Waals surface area contributed by atoms with Crippen LogP contribution in [0.2, 0.25) is 0 Å². The number of carbonyl (C=O) groups is 2. The van der Waals surface area contributed by atoms with Gasteiger partial charge in [-0.2, -0.15) is 0 Å². The van der Waals surface area contributed by atoms with Crippen molar-refractivity contribution in [1.29, 1.82) is 0 Å². The highest BCUT2D eigenvalue weighted by molar-refractivity contribution is 6.06. The highest BCUT2D eigenvalue weighted by atomic mass is 16.5. The van der Waals surface area contributed by atoms with Crippen LogP contribution in [0.15, 0.2) is 84.9 Å². The molecule has 5 heteroatoms. The molecule has 0 unspecified atom stereocenters. The molecule has 48 heavy (non-hydrogen) atoms. The van der Waals surface area contributed by atoms with Crippen LogP contribution in [0.5, 0.6) is 17.2 Å². The molecule has 0 amide bonds. The van der Waals surface area contributed by atoms with Crippen LogP contribution < -0.4 is 14.2 Å². The second kappa shape index (κ2) is 24.1. The third-order valence-corrected chi connectivity index (χ3v) is 8.24. The summed E-state index contributed by atoms with van der Waals surface area (Å²) in [5, 5.41) is 0. The maximum Gasteiger partial charge on any atom is 0.336 e. The highest BCUT2D eigenvalue weighted by Gasteiger charge is 2.05. The number of esters is 1. The van der Waals surface area contributed by atoms with Crippen molar-refractivity contribution in [3.05, 3.63) is 102 Å². The Morgan fingerprint density at radius 1 is 0.479 bits per heavy atom. The van der Waals surface area contributed by atoms with Crippen LogP contribution in [0.3, 0.4) is 0 Å². The van der Waals surface area contributed by atoms with E-state index in [0.29, 0.717) is 11.3 Å². The van der Waals surface area contributed by atoms with Gasteiger partial charge in [-0.25, -0.2) is 4.79 Å². The van der Waals surface area contributed by atoms with Crippen molar-refractivity contribution in [3.8, 4) is 17.2 Å². The molecule has 0 aliphatic heterocycles. The monoisotopic (exact) mass is 652 g/mol. The number of carbonyl (C=O) groups excluding carboxylic acids is 2. The van der Waals surface area contributed by atoms with Crippen molar-refractivity contribution >= 4 is 23.9 Å². The lowest BCUT2D eigenvalue weighted by atomic mass is 10.1. The van der Waals surface area contributed by atoms with Gasteiger partial charge in [0.1, 0.15) is 17.2 Å². The molecule has 0 spiro atoms. The number of unbranched alkanes of at least 4 members (excludes halogenated alkanes) is 13. The number of allylic oxidation sites excluding steroid dienone is 1. The van der Waals surface area contributed by atoms with Crippen LogP contribution >= 0.6 is 0 Å². The Labute approximate surface area is 289 Å². The Morgan fingerprint density at radius 2 is 0.875 bits per heavy atom. The van der Waals surface area contributed by atoms with Crippen LogP contribution in [0.25, 0.3) is 12.2 Å². The van der Waals surface area contributed by atoms with Gasteiger partial charge in [0, 0.05) is 11.6 Å². The summed E-state index contributed by atoms with van der Waals surface area (Å²) in [6, 6.07) is 22.0. The first-order valence-corrected chi connectivity index (χ1v) is 18.3. The molecule has 0 radical (unpaired) electrons. The minimum atomic E-state index is -0.487. The summed E-state index contributed by atoms with van der Waals surface area (Å²) in [5.41, 5.74) is 2.31. The topological polar surface area (TPSA) is 61.8 Å². The van der Waals surface area contributed by atoms with Crippen LogP contribution in [0.1, 0.15) is 132 Å². The van der Waals surface area contributed by atoms with E-state index < -0.39 is 5.97 Å². The molecule has 0 atom stereocenters. The second-order valence-corrected chi connectivity index (χ2v) is 12.4. The molecule has 0 saturated heterocycles. The van der Waals surface area contributed by atoms with Crippen molar-refractivity contribution in [2.24, 2.45) is 0 Å². The molecule has 3 rings (SSSR count). The van der Waals surface area contributed by atoms with E-state index in [-0.39, 0.29) is 5.78 Å². The number of ketones is 1. The van der Waals surface area contributed by atoms with Gasteiger partial charge < -0.3 is 14.2 Å². The third-order valence-electron chi connectivity index (χ3n) is 8.24. The number of hydrogen-bond donors (Lipinski definition) is 0. The van der Waals surface area contributed by atoms with Crippen molar-refractivity contribution in [2.75, 3.05) is 13.2 Å². The van der Waals surface area contributed by atoms with E-state index in [9.17, 15) is 9.59 Å². The lowest BCUT2D eigenvalue weighted by Gasteiger charge is -2.07. The quantitative estimate of drug-likeness (QED) is 0.0300. The predicted molar refractivity (Wildman–Crippen MR) is 199 cm³/mol. The summed E-state index contributed by atoms with van der Waals surface area (Å²) in [4.78, 5) is 25.0. The summed E-state index contributed by atoms with van der Waals surface area (Å²) >= 11 is 0. The van der Waals surface area contributed by atoms with E-state index in [1.165, 1.54) is 89.5 Å². The zero-order valence-corrected chi connectivity index (χ0v) is 29.3. The molecule has 0 aromatic heterocycles. The Balaban J connectivity index is 1.31. The van der Waals surface area contributed by atoms with Crippen molar-refractivity contribution in [3.63, 3.8) is 0 Å². The molecule has 0 saturated carbocycles. The third kappa shape index (κ3) is 16.6. The average molecular weight is 653 g/mol. The zero-order chi connectivity index (χ0) is 34.1. The van der Waals surface area contributed by atoms with Crippen molar-refractivity contribution < 1.29 is 23.8 Å². The Kier molecular flexibility index (Phi) is 19.2. The summed E-state index contributed by atoms with van der Waals surface area (Å²) in [7, 11) is 0. The number of rotatable bonds is 25. The second-order valence-electron chi connectivity index (χ2n) is 12.4. The largest absolute Gasteiger partial charge is 0.494 e. The molecule has 0 bridgehead atoms. The molecule has 0 aliphatic rings. The minimum absolute atomic E-state index is 0.129. The Hall–Kier alpha value is -4.12. The van der Waals surface area contributed by atoms with E-state index in [4.69, 9.17) is 14.2 Å². The van der Waals surface area contributed by atoms with Gasteiger partial charge in [-0.15, -0.1) is 0 Å². The minimum Gasteiger partial charge on any atom is -0.494 e. The maximum atomic E-state index is 12.7. The summed E-state index contributed by atoms with van der Waals surface area (Å²) in [6.07, 6.45) is 25.5. The molecule has 3 aromatic rings. The highest BCUT2D eigenvalue weighted by Crippen LogP contribution is 2.18. The maximum absolute atomic E-state index is 12.7. The van der Waals surface area contributed by atoms with Gasteiger partial charge >= 0.3 is 5.97 Å². The molecular weight excluding hydrogens is 596 g/mol. The molecular formula is C43H56O5. The zero-order valence-electron chi connectivity index (χ0n) is 29.3. The van der Waals surface area contributed by atoms with E-state index in [2.05, 4.69) is 13.8 Å². The predicted octanol–water partition coefficient (Wildman–Crippen LogP) is 11.9. The van der Waals surface area contributed by atoms with E-state index >= 15 is 0 Å². The fraction of sp³-hybridized carbons (Fsp3) is 0.442. The van der Waals surface area contributed by atoms with Crippen LogP contribution in [-0.2, 0) is 4.79 Å². The molecule has 0 aliphatic carbocycles. The van der Waals surface area contributed by atoms with Crippen LogP contribution in [0.4, 0.5) is 0 Å². The van der Waals surface area contributed by atoms with Gasteiger partial charge in [0.2, 0.25) is 0 Å². The van der Waals surface area contributed by atoms with E-state index in [0.717, 1.165) is 48.7 Å². The summed E-state index contributed by atoms with van der Waals surface area (Å²) in [5.74, 6) is 1.44. The van der Waals surface area contributed by atoms with Gasteiger partial charge in [-0.1, -0.05) is 128 Å².